The van der Waals surface area contributed by atoms with E-state index in [0.717, 1.165) is 50.7 Å². The molecule has 4 amide bonds. The van der Waals surface area contributed by atoms with E-state index in [9.17, 15) is 24.3 Å². The molecule has 0 bridgehead atoms. The van der Waals surface area contributed by atoms with Crippen molar-refractivity contribution in [3.63, 3.8) is 0 Å². The number of aliphatic hydroxyl groups excluding tert-OH is 1. The quantitative estimate of drug-likeness (QED) is 0.201. The van der Waals surface area contributed by atoms with Crippen molar-refractivity contribution in [3.05, 3.63) is 0 Å². The first-order chi connectivity index (χ1) is 19.7. The highest BCUT2D eigenvalue weighted by Gasteiger charge is 2.48. The van der Waals surface area contributed by atoms with Crippen LogP contribution in [0.1, 0.15) is 98.8 Å². The van der Waals surface area contributed by atoms with Crippen LogP contribution in [0.4, 0.5) is 4.79 Å². The van der Waals surface area contributed by atoms with Gasteiger partial charge in [-0.1, -0.05) is 66.7 Å². The minimum absolute atomic E-state index is 0.111. The molecule has 11 heteroatoms. The molecule has 240 valence electrons. The summed E-state index contributed by atoms with van der Waals surface area (Å²) in [6.07, 6.45) is 9.47. The molecular formula is C31H55N5O5S. The molecule has 42 heavy (non-hydrogen) atoms. The molecule has 2 unspecified atom stereocenters. The molecule has 3 rings (SSSR count). The summed E-state index contributed by atoms with van der Waals surface area (Å²) in [5, 5.41) is 18.9. The van der Waals surface area contributed by atoms with E-state index in [4.69, 9.17) is 5.73 Å². The van der Waals surface area contributed by atoms with Gasteiger partial charge in [0.05, 0.1) is 6.04 Å². The molecule has 1 aliphatic heterocycles. The van der Waals surface area contributed by atoms with Crippen molar-refractivity contribution in [2.24, 2.45) is 28.9 Å². The summed E-state index contributed by atoms with van der Waals surface area (Å²) in [4.78, 5) is 55.8. The maximum atomic E-state index is 14.2. The largest absolute Gasteiger partial charge is 0.371 e. The van der Waals surface area contributed by atoms with Crippen LogP contribution in [0.25, 0.3) is 0 Å². The Kier molecular flexibility index (Phi) is 12.2. The zero-order valence-electron chi connectivity index (χ0n) is 26.5. The number of amides is 4. The number of carbonyl (C=O) groups is 4. The number of likely N-dealkylation sites (tertiary alicyclic amines) is 1. The third kappa shape index (κ3) is 9.08. The Labute approximate surface area is 256 Å². The smallest absolute Gasteiger partial charge is 0.315 e. The van der Waals surface area contributed by atoms with Gasteiger partial charge in [0, 0.05) is 12.1 Å². The van der Waals surface area contributed by atoms with E-state index in [1.165, 1.54) is 6.42 Å². The average Bonchev–Trinajstić information content (AvgIpc) is 3.62. The molecule has 1 saturated heterocycles. The lowest BCUT2D eigenvalue weighted by Gasteiger charge is -2.40. The fourth-order valence-electron chi connectivity index (χ4n) is 6.68. The number of nitrogens with one attached hydrogen (secondary N) is 3. The van der Waals surface area contributed by atoms with Crippen LogP contribution in [0, 0.1) is 23.2 Å². The average molecular weight is 610 g/mol. The van der Waals surface area contributed by atoms with Crippen LogP contribution in [0.5, 0.6) is 0 Å². The highest BCUT2D eigenvalue weighted by molar-refractivity contribution is 7.98. The molecule has 3 fully saturated rings. The molecular weight excluding hydrogens is 554 g/mol. The highest BCUT2D eigenvalue weighted by atomic mass is 32.2. The van der Waals surface area contributed by atoms with Crippen molar-refractivity contribution < 1.29 is 24.3 Å². The van der Waals surface area contributed by atoms with Crippen LogP contribution in [-0.2, 0) is 14.4 Å². The normalized spacial score (nSPS) is 24.5. The number of ketones is 1. The Bertz CT molecular complexity index is 958. The lowest BCUT2D eigenvalue weighted by molar-refractivity contribution is -0.144. The molecule has 10 nitrogen and oxygen atoms in total. The van der Waals surface area contributed by atoms with Crippen LogP contribution in [0.2, 0.25) is 0 Å². The van der Waals surface area contributed by atoms with Crippen LogP contribution < -0.4 is 21.7 Å². The second-order valence-corrected chi connectivity index (χ2v) is 15.2. The van der Waals surface area contributed by atoms with Gasteiger partial charge < -0.3 is 26.0 Å². The number of nitrogens with zero attached hydrogens (tertiary/aromatic N) is 1. The Morgan fingerprint density at radius 1 is 1.05 bits per heavy atom. The van der Waals surface area contributed by atoms with Gasteiger partial charge in [0.25, 0.3) is 0 Å². The van der Waals surface area contributed by atoms with Gasteiger partial charge in [-0.05, 0) is 67.3 Å². The Hall–Kier alpha value is -1.85. The Morgan fingerprint density at radius 2 is 1.69 bits per heavy atom. The second-order valence-electron chi connectivity index (χ2n) is 14.2. The SMILES string of the molecule is CSCCC1(NC(=O)N[C@H](C(=O)N2CC[C@H](C(C)C)[C@H]2C(=O)NC(CC2CC2)C(=O)C(N)O)C(C)(C)C)CCCCC1. The fraction of sp³-hybridized carbons (Fsp3) is 0.871. The Balaban J connectivity index is 1.81. The zero-order chi connectivity index (χ0) is 31.2. The molecule has 6 N–H and O–H groups in total. The first-order valence-corrected chi connectivity index (χ1v) is 17.2. The Morgan fingerprint density at radius 3 is 2.21 bits per heavy atom. The lowest BCUT2D eigenvalue weighted by Crippen LogP contribution is -2.63. The number of hydrogen-bond donors (Lipinski definition) is 5. The third-order valence-corrected chi connectivity index (χ3v) is 10.0. The van der Waals surface area contributed by atoms with E-state index in [0.29, 0.717) is 25.3 Å². The van der Waals surface area contributed by atoms with E-state index >= 15 is 0 Å². The van der Waals surface area contributed by atoms with E-state index < -0.39 is 41.5 Å². The van der Waals surface area contributed by atoms with E-state index in [1.54, 1.807) is 16.7 Å². The van der Waals surface area contributed by atoms with Crippen LogP contribution >= 0.6 is 11.8 Å². The van der Waals surface area contributed by atoms with Gasteiger partial charge >= 0.3 is 6.03 Å². The monoisotopic (exact) mass is 609 g/mol. The standard InChI is InChI=1S/C31H55N5O5S/c1-19(2)21-12-16-36(23(21)27(39)33-22(18-20-10-11-20)24(37)26(32)38)28(40)25(30(3,4)5)34-29(41)35-31(15-17-42-6)13-8-7-9-14-31/h19-23,25-26,38H,7-18,32H2,1-6H3,(H,33,39)(H2,34,35,41)/t21-,22?,23+,25-,26?/m1/s1. The molecule has 0 radical (unpaired) electrons. The number of carbonyl (C=O) groups excluding carboxylic acids is 4. The topological polar surface area (TPSA) is 154 Å². The van der Waals surface area contributed by atoms with Crippen molar-refractivity contribution in [2.45, 2.75) is 129 Å². The molecule has 2 saturated carbocycles. The summed E-state index contributed by atoms with van der Waals surface area (Å²) in [5.41, 5.74) is 4.61. The van der Waals surface area contributed by atoms with E-state index in [2.05, 4.69) is 22.2 Å². The maximum Gasteiger partial charge on any atom is 0.315 e. The summed E-state index contributed by atoms with van der Waals surface area (Å²) >= 11 is 1.77. The number of aliphatic hydroxyl groups is 1. The number of rotatable bonds is 13. The predicted octanol–water partition coefficient (Wildman–Crippen LogP) is 3.16. The van der Waals surface area contributed by atoms with Crippen molar-refractivity contribution in [1.82, 2.24) is 20.9 Å². The zero-order valence-corrected chi connectivity index (χ0v) is 27.4. The highest BCUT2D eigenvalue weighted by Crippen LogP contribution is 2.36. The van der Waals surface area contributed by atoms with Gasteiger partial charge in [-0.25, -0.2) is 4.79 Å². The molecule has 0 aromatic rings. The van der Waals surface area contributed by atoms with Crippen molar-refractivity contribution in [1.29, 1.82) is 0 Å². The molecule has 1 heterocycles. The van der Waals surface area contributed by atoms with Crippen molar-refractivity contribution in [3.8, 4) is 0 Å². The number of nitrogens with two attached hydrogens (primary N) is 1. The van der Waals surface area contributed by atoms with Crippen LogP contribution in [0.15, 0.2) is 0 Å². The van der Waals surface area contributed by atoms with Crippen LogP contribution in [0.3, 0.4) is 0 Å². The molecule has 3 aliphatic rings. The molecule has 0 aromatic carbocycles. The van der Waals surface area contributed by atoms with Gasteiger partial charge in [0.1, 0.15) is 12.1 Å². The molecule has 0 aromatic heterocycles. The fourth-order valence-corrected chi connectivity index (χ4v) is 7.27. The van der Waals surface area contributed by atoms with Crippen LogP contribution in [-0.4, -0.2) is 82.1 Å². The molecule has 5 atom stereocenters. The van der Waals surface area contributed by atoms with Gasteiger partial charge in [0.2, 0.25) is 11.8 Å². The summed E-state index contributed by atoms with van der Waals surface area (Å²) < 4.78 is 0. The first kappa shape index (κ1) is 34.6. The van der Waals surface area contributed by atoms with Crippen molar-refractivity contribution in [2.75, 3.05) is 18.6 Å². The summed E-state index contributed by atoms with van der Waals surface area (Å²) in [5.74, 6) is -0.0498. The van der Waals surface area contributed by atoms with Gasteiger partial charge in [0.15, 0.2) is 12.0 Å². The van der Waals surface area contributed by atoms with Crippen molar-refractivity contribution >= 4 is 35.4 Å². The summed E-state index contributed by atoms with van der Waals surface area (Å²) in [6.45, 7) is 10.2. The number of thioether (sulfide) groups is 1. The number of hydrogen-bond acceptors (Lipinski definition) is 7. The third-order valence-electron chi connectivity index (χ3n) is 9.43. The minimum atomic E-state index is -1.67. The van der Waals surface area contributed by atoms with Gasteiger partial charge in [-0.2, -0.15) is 11.8 Å². The predicted molar refractivity (Wildman–Crippen MR) is 167 cm³/mol. The summed E-state index contributed by atoms with van der Waals surface area (Å²) in [6, 6.07) is -2.89. The minimum Gasteiger partial charge on any atom is -0.371 e. The second kappa shape index (κ2) is 14.8. The number of Topliss-reactive ketones (excluding diaryl/α,β-unsaturated/α-hetero) is 1. The molecule has 2 aliphatic carbocycles. The lowest BCUT2D eigenvalue weighted by atomic mass is 9.79. The first-order valence-electron chi connectivity index (χ1n) is 15.8. The van der Waals surface area contributed by atoms with Gasteiger partial charge in [-0.15, -0.1) is 0 Å². The van der Waals surface area contributed by atoms with E-state index in [1.807, 2.05) is 34.6 Å². The molecule has 0 spiro atoms. The summed E-state index contributed by atoms with van der Waals surface area (Å²) in [7, 11) is 0. The van der Waals surface area contributed by atoms with Gasteiger partial charge in [-0.3, -0.25) is 20.1 Å². The maximum absolute atomic E-state index is 14.2. The van der Waals surface area contributed by atoms with E-state index in [-0.39, 0.29) is 29.3 Å². The number of urea groups is 1.